The average Bonchev–Trinajstić information content (AvgIpc) is 2.84. The Morgan fingerprint density at radius 3 is 2.30 bits per heavy atom. The van der Waals surface area contributed by atoms with Crippen LogP contribution in [0.1, 0.15) is 53.4 Å². The van der Waals surface area contributed by atoms with Gasteiger partial charge in [0.05, 0.1) is 13.2 Å². The third-order valence-electron chi connectivity index (χ3n) is 4.56. The molecule has 2 saturated heterocycles. The fourth-order valence-corrected chi connectivity index (χ4v) is 3.22. The number of ether oxygens (including phenoxy) is 4. The van der Waals surface area contributed by atoms with Crippen molar-refractivity contribution in [3.8, 4) is 0 Å². The minimum atomic E-state index is -1.08. The molecule has 0 aromatic heterocycles. The van der Waals surface area contributed by atoms with Crippen molar-refractivity contribution in [1.29, 1.82) is 0 Å². The van der Waals surface area contributed by atoms with E-state index in [4.69, 9.17) is 18.9 Å². The van der Waals surface area contributed by atoms with Crippen LogP contribution in [-0.2, 0) is 18.9 Å². The molecule has 170 valence electrons. The number of fused-ring (bicyclic) bond motifs is 1. The molecule has 6 nitrogen and oxygen atoms in total. The van der Waals surface area contributed by atoms with Crippen LogP contribution in [0.3, 0.4) is 0 Å². The summed E-state index contributed by atoms with van der Waals surface area (Å²) in [6.45, 7) is 11.7. The number of benzene rings is 1. The standard InChI is InChI=1S/C20H26O6.2C2H6/c1-3-8-13(4-2)20-24-16-12-23-19(14-9-6-5-7-10-14)26-18(16)17(25-20)15(22)11-21;2*1-2/h3-10,15-22H,11-12H2,1-2H3;2*1-2H3/b8-3-,13-4+;;. The van der Waals surface area contributed by atoms with Crippen LogP contribution in [0.25, 0.3) is 0 Å². The Hall–Kier alpha value is -1.54. The molecule has 2 aliphatic rings. The van der Waals surface area contributed by atoms with Crippen LogP contribution < -0.4 is 0 Å². The van der Waals surface area contributed by atoms with E-state index >= 15 is 0 Å². The van der Waals surface area contributed by atoms with Gasteiger partial charge in [-0.2, -0.15) is 0 Å². The maximum Gasteiger partial charge on any atom is 0.184 e. The van der Waals surface area contributed by atoms with Gasteiger partial charge in [-0.05, 0) is 13.8 Å². The van der Waals surface area contributed by atoms with Gasteiger partial charge in [-0.25, -0.2) is 0 Å². The van der Waals surface area contributed by atoms with E-state index < -0.39 is 43.6 Å². The molecule has 3 rings (SSSR count). The molecule has 6 unspecified atom stereocenters. The van der Waals surface area contributed by atoms with Gasteiger partial charge < -0.3 is 29.2 Å². The fourth-order valence-electron chi connectivity index (χ4n) is 3.22. The Morgan fingerprint density at radius 1 is 1.07 bits per heavy atom. The molecule has 6 heteroatoms. The largest absolute Gasteiger partial charge is 0.394 e. The summed E-state index contributed by atoms with van der Waals surface area (Å²) in [5.74, 6) is 0. The van der Waals surface area contributed by atoms with Gasteiger partial charge in [0.1, 0.15) is 24.4 Å². The van der Waals surface area contributed by atoms with Crippen LogP contribution in [0.15, 0.2) is 54.1 Å². The van der Waals surface area contributed by atoms with E-state index in [-0.39, 0.29) is 0 Å². The van der Waals surface area contributed by atoms with Crippen LogP contribution >= 0.6 is 0 Å². The molecule has 2 aliphatic heterocycles. The van der Waals surface area contributed by atoms with Gasteiger partial charge >= 0.3 is 0 Å². The van der Waals surface area contributed by atoms with Gasteiger partial charge in [-0.3, -0.25) is 0 Å². The Balaban J connectivity index is 0.00000106. The number of rotatable bonds is 5. The van der Waals surface area contributed by atoms with E-state index in [9.17, 15) is 10.2 Å². The molecule has 0 saturated carbocycles. The second-order valence-corrected chi connectivity index (χ2v) is 6.32. The van der Waals surface area contributed by atoms with E-state index in [1.165, 1.54) is 0 Å². The van der Waals surface area contributed by atoms with Crippen LogP contribution in [0.4, 0.5) is 0 Å². The third-order valence-corrected chi connectivity index (χ3v) is 4.56. The van der Waals surface area contributed by atoms with Gasteiger partial charge in [-0.15, -0.1) is 0 Å². The molecule has 0 amide bonds. The molecule has 2 N–H and O–H groups in total. The van der Waals surface area contributed by atoms with E-state index in [2.05, 4.69) is 0 Å². The average molecular weight is 423 g/mol. The minimum absolute atomic E-state index is 0.311. The van der Waals surface area contributed by atoms with Crippen LogP contribution in [-0.4, -0.2) is 54.1 Å². The summed E-state index contributed by atoms with van der Waals surface area (Å²) in [6.07, 6.45) is 1.72. The monoisotopic (exact) mass is 422 g/mol. The topological polar surface area (TPSA) is 77.4 Å². The van der Waals surface area contributed by atoms with Crippen molar-refractivity contribution in [2.75, 3.05) is 13.2 Å². The first-order chi connectivity index (χ1) is 14.7. The van der Waals surface area contributed by atoms with Crippen molar-refractivity contribution in [1.82, 2.24) is 0 Å². The van der Waals surface area contributed by atoms with Crippen LogP contribution in [0, 0.1) is 0 Å². The van der Waals surface area contributed by atoms with Gasteiger partial charge in [-0.1, -0.05) is 76.3 Å². The molecule has 2 heterocycles. The minimum Gasteiger partial charge on any atom is -0.394 e. The van der Waals surface area contributed by atoms with Crippen molar-refractivity contribution in [2.24, 2.45) is 0 Å². The number of aliphatic hydroxyl groups is 2. The summed E-state index contributed by atoms with van der Waals surface area (Å²) in [5.41, 5.74) is 1.72. The lowest BCUT2D eigenvalue weighted by Crippen LogP contribution is -2.60. The molecule has 1 aromatic rings. The highest BCUT2D eigenvalue weighted by molar-refractivity contribution is 5.21. The van der Waals surface area contributed by atoms with Crippen LogP contribution in [0.2, 0.25) is 0 Å². The van der Waals surface area contributed by atoms with Crippen molar-refractivity contribution >= 4 is 0 Å². The Bertz CT molecular complexity index is 630. The molecular weight excluding hydrogens is 384 g/mol. The van der Waals surface area contributed by atoms with Crippen molar-refractivity contribution in [3.63, 3.8) is 0 Å². The summed E-state index contributed by atoms with van der Waals surface area (Å²) in [4.78, 5) is 0. The lowest BCUT2D eigenvalue weighted by atomic mass is 9.99. The highest BCUT2D eigenvalue weighted by Crippen LogP contribution is 2.36. The molecule has 0 aliphatic carbocycles. The molecule has 6 atom stereocenters. The molecular formula is C24H38O6. The summed E-state index contributed by atoms with van der Waals surface area (Å²) in [5, 5.41) is 19.8. The number of aliphatic hydroxyl groups excluding tert-OH is 2. The molecule has 0 radical (unpaired) electrons. The first kappa shape index (κ1) is 26.5. The van der Waals surface area contributed by atoms with Gasteiger partial charge in [0.25, 0.3) is 0 Å². The summed E-state index contributed by atoms with van der Waals surface area (Å²) < 4.78 is 23.9. The molecule has 2 fully saturated rings. The predicted molar refractivity (Wildman–Crippen MR) is 118 cm³/mol. The SMILES string of the molecule is C/C=C\C(=C/C)C1OC2COC(c3ccccc3)OC2C(C(O)CO)O1.CC.CC. The number of hydrogen-bond donors (Lipinski definition) is 2. The predicted octanol–water partition coefficient (Wildman–Crippen LogP) is 4.14. The first-order valence-corrected chi connectivity index (χ1v) is 10.9. The molecule has 1 aromatic carbocycles. The van der Waals surface area contributed by atoms with Gasteiger partial charge in [0, 0.05) is 11.1 Å². The quantitative estimate of drug-likeness (QED) is 0.695. The van der Waals surface area contributed by atoms with E-state index in [1.807, 2.05) is 90.1 Å². The lowest BCUT2D eigenvalue weighted by Gasteiger charge is -2.47. The van der Waals surface area contributed by atoms with Crippen LogP contribution in [0.5, 0.6) is 0 Å². The van der Waals surface area contributed by atoms with E-state index in [1.54, 1.807) is 0 Å². The lowest BCUT2D eigenvalue weighted by molar-refractivity contribution is -0.362. The highest BCUT2D eigenvalue weighted by atomic mass is 16.8. The smallest absolute Gasteiger partial charge is 0.184 e. The van der Waals surface area contributed by atoms with Gasteiger partial charge in [0.2, 0.25) is 0 Å². The normalized spacial score (nSPS) is 29.7. The second-order valence-electron chi connectivity index (χ2n) is 6.32. The number of hydrogen-bond acceptors (Lipinski definition) is 6. The zero-order valence-electron chi connectivity index (χ0n) is 19.0. The summed E-state index contributed by atoms with van der Waals surface area (Å²) in [6, 6.07) is 9.57. The Kier molecular flexibility index (Phi) is 12.8. The summed E-state index contributed by atoms with van der Waals surface area (Å²) >= 11 is 0. The Labute approximate surface area is 181 Å². The van der Waals surface area contributed by atoms with E-state index in [0.717, 1.165) is 11.1 Å². The highest BCUT2D eigenvalue weighted by Gasteiger charge is 2.48. The third kappa shape index (κ3) is 6.74. The van der Waals surface area contributed by atoms with Crippen molar-refractivity contribution in [2.45, 2.75) is 78.5 Å². The molecule has 0 bridgehead atoms. The maximum absolute atomic E-state index is 10.3. The zero-order valence-corrected chi connectivity index (χ0v) is 19.0. The Morgan fingerprint density at radius 2 is 1.73 bits per heavy atom. The fraction of sp³-hybridized carbons (Fsp3) is 0.583. The molecule has 0 spiro atoms. The second kappa shape index (κ2) is 14.5. The first-order valence-electron chi connectivity index (χ1n) is 10.9. The van der Waals surface area contributed by atoms with Crippen molar-refractivity contribution in [3.05, 3.63) is 59.7 Å². The van der Waals surface area contributed by atoms with Crippen molar-refractivity contribution < 1.29 is 29.2 Å². The van der Waals surface area contributed by atoms with E-state index in [0.29, 0.717) is 6.61 Å². The van der Waals surface area contributed by atoms with Gasteiger partial charge in [0.15, 0.2) is 12.6 Å². The maximum atomic E-state index is 10.3. The zero-order chi connectivity index (χ0) is 22.5. The summed E-state index contributed by atoms with van der Waals surface area (Å²) in [7, 11) is 0. The number of allylic oxidation sites excluding steroid dienone is 2. The molecule has 30 heavy (non-hydrogen) atoms.